The van der Waals surface area contributed by atoms with Crippen molar-refractivity contribution in [1.82, 2.24) is 0 Å². The van der Waals surface area contributed by atoms with E-state index in [2.05, 4.69) is 248 Å². The van der Waals surface area contributed by atoms with Crippen molar-refractivity contribution in [2.75, 3.05) is 4.90 Å². The molecule has 1 heteroatoms. The summed E-state index contributed by atoms with van der Waals surface area (Å²) in [4.78, 5) is 2.64. The lowest BCUT2D eigenvalue weighted by molar-refractivity contribution is 0.327. The molecule has 9 aromatic rings. The molecule has 6 aliphatic rings. The van der Waals surface area contributed by atoms with Gasteiger partial charge in [0.05, 0.1) is 11.1 Å². The molecule has 2 fully saturated rings. The van der Waals surface area contributed by atoms with Gasteiger partial charge < -0.3 is 4.90 Å². The van der Waals surface area contributed by atoms with Gasteiger partial charge in [0, 0.05) is 27.8 Å². The van der Waals surface area contributed by atoms with Gasteiger partial charge in [-0.1, -0.05) is 220 Å². The van der Waals surface area contributed by atoms with Crippen molar-refractivity contribution in [3.63, 3.8) is 0 Å². The summed E-state index contributed by atoms with van der Waals surface area (Å²) in [5.41, 5.74) is 30.8. The molecule has 0 aromatic heterocycles. The minimum absolute atomic E-state index is 0.0108. The van der Waals surface area contributed by atoms with E-state index >= 15 is 0 Å². The Morgan fingerprint density at radius 3 is 1.61 bits per heavy atom. The van der Waals surface area contributed by atoms with E-state index in [-0.39, 0.29) is 21.7 Å². The highest BCUT2D eigenvalue weighted by molar-refractivity contribution is 6.02. The standard InChI is InChI=1S/C73H65N/c1-69(2,3)46-31-37-62-57(40-46)58-41-47(70(4,5)6)32-38-63(58)73(62)61-24-14-11-19-56(61)67-64(73)25-16-26-66(67)74(50-35-36-54-52-17-10-13-23-60(52)72(65(54)42-50)43-44-27-30-48(72)39-44)49-33-28-45(29-34-49)51-20-15-21-55-53-18-9-12-22-59(53)71(7,8)68(51)55/h9-26,28-29,31-38,40-42,44,48H,27,30,39,43H2,1-8H3. The van der Waals surface area contributed by atoms with Crippen molar-refractivity contribution in [3.8, 4) is 55.6 Å². The Kier molecular flexibility index (Phi) is 8.96. The van der Waals surface area contributed by atoms with E-state index in [1.165, 1.54) is 143 Å². The van der Waals surface area contributed by atoms with Crippen LogP contribution in [0.25, 0.3) is 55.6 Å². The predicted octanol–water partition coefficient (Wildman–Crippen LogP) is 19.2. The number of nitrogens with zero attached hydrogens (tertiary/aromatic N) is 1. The molecule has 9 aromatic carbocycles. The van der Waals surface area contributed by atoms with Crippen molar-refractivity contribution in [3.05, 3.63) is 244 Å². The molecule has 2 bridgehead atoms. The van der Waals surface area contributed by atoms with Gasteiger partial charge in [-0.25, -0.2) is 0 Å². The number of rotatable bonds is 4. The third-order valence-corrected chi connectivity index (χ3v) is 19.5. The molecule has 15 rings (SSSR count). The molecule has 2 spiro atoms. The van der Waals surface area contributed by atoms with Gasteiger partial charge in [0.25, 0.3) is 0 Å². The summed E-state index contributed by atoms with van der Waals surface area (Å²) in [6.45, 7) is 18.9. The molecule has 0 saturated heterocycles. The smallest absolute Gasteiger partial charge is 0.0726 e. The van der Waals surface area contributed by atoms with Crippen LogP contribution in [0.1, 0.15) is 137 Å². The van der Waals surface area contributed by atoms with Gasteiger partial charge in [0.1, 0.15) is 0 Å². The third kappa shape index (κ3) is 5.71. The van der Waals surface area contributed by atoms with E-state index < -0.39 is 5.41 Å². The van der Waals surface area contributed by atoms with Crippen LogP contribution in [0.4, 0.5) is 17.1 Å². The molecule has 3 atom stereocenters. The number of hydrogen-bond donors (Lipinski definition) is 0. The molecule has 1 nitrogen and oxygen atoms in total. The summed E-state index contributed by atoms with van der Waals surface area (Å²) in [5.74, 6) is 1.47. The van der Waals surface area contributed by atoms with Crippen LogP contribution in [0.2, 0.25) is 0 Å². The second-order valence-electron chi connectivity index (χ2n) is 25.6. The molecule has 2 saturated carbocycles. The van der Waals surface area contributed by atoms with Gasteiger partial charge in [-0.2, -0.15) is 0 Å². The van der Waals surface area contributed by atoms with Crippen LogP contribution in [-0.4, -0.2) is 0 Å². The second-order valence-corrected chi connectivity index (χ2v) is 25.6. The van der Waals surface area contributed by atoms with Crippen LogP contribution < -0.4 is 4.90 Å². The number of fused-ring (bicyclic) bond motifs is 21. The van der Waals surface area contributed by atoms with Crippen LogP contribution >= 0.6 is 0 Å². The van der Waals surface area contributed by atoms with E-state index in [1.54, 1.807) is 11.1 Å². The Balaban J connectivity index is 0.971. The highest BCUT2D eigenvalue weighted by Crippen LogP contribution is 2.68. The number of hydrogen-bond acceptors (Lipinski definition) is 1. The maximum absolute atomic E-state index is 2.64. The first kappa shape index (κ1) is 44.3. The lowest BCUT2D eigenvalue weighted by atomic mass is 9.67. The van der Waals surface area contributed by atoms with Gasteiger partial charge in [-0.05, 0) is 178 Å². The first-order valence-corrected chi connectivity index (χ1v) is 27.6. The van der Waals surface area contributed by atoms with Gasteiger partial charge in [-0.3, -0.25) is 0 Å². The first-order valence-electron chi connectivity index (χ1n) is 27.6. The maximum Gasteiger partial charge on any atom is 0.0726 e. The number of benzene rings is 9. The summed E-state index contributed by atoms with van der Waals surface area (Å²) in [6.07, 6.45) is 5.29. The molecule has 362 valence electrons. The molecule has 0 heterocycles. The van der Waals surface area contributed by atoms with Crippen LogP contribution in [0.15, 0.2) is 188 Å². The maximum atomic E-state index is 2.64. The van der Waals surface area contributed by atoms with Crippen LogP contribution in [0.3, 0.4) is 0 Å². The lowest BCUT2D eigenvalue weighted by Gasteiger charge is -2.37. The Bertz CT molecular complexity index is 3800. The molecule has 0 aliphatic heterocycles. The normalized spacial score (nSPS) is 20.2. The van der Waals surface area contributed by atoms with Gasteiger partial charge >= 0.3 is 0 Å². The molecule has 0 amide bonds. The zero-order chi connectivity index (χ0) is 50.3. The quantitative estimate of drug-likeness (QED) is 0.170. The van der Waals surface area contributed by atoms with Crippen LogP contribution in [0, 0.1) is 11.8 Å². The Morgan fingerprint density at radius 2 is 0.959 bits per heavy atom. The SMILES string of the molecule is CC(C)(C)c1ccc2c(c1)-c1cc(C(C)(C)C)ccc1C21c2ccccc2-c2c(N(c3ccc(-c4cccc5c4C(C)(C)c4ccccc4-5)cc3)c3ccc4c(c3)C3(CC5CCC3C5)c3ccccc3-4)cccc21. The summed E-state index contributed by atoms with van der Waals surface area (Å²) in [6, 6.07) is 74.1. The Morgan fingerprint density at radius 1 is 0.419 bits per heavy atom. The predicted molar refractivity (Wildman–Crippen MR) is 309 cm³/mol. The summed E-state index contributed by atoms with van der Waals surface area (Å²) in [5, 5.41) is 0. The van der Waals surface area contributed by atoms with Gasteiger partial charge in [-0.15, -0.1) is 0 Å². The minimum Gasteiger partial charge on any atom is -0.310 e. The highest BCUT2D eigenvalue weighted by atomic mass is 15.1. The first-order chi connectivity index (χ1) is 35.7. The van der Waals surface area contributed by atoms with Gasteiger partial charge in [0.15, 0.2) is 0 Å². The Labute approximate surface area is 439 Å². The largest absolute Gasteiger partial charge is 0.310 e. The Hall–Kier alpha value is -7.22. The van der Waals surface area contributed by atoms with Crippen LogP contribution in [-0.2, 0) is 27.1 Å². The van der Waals surface area contributed by atoms with E-state index in [0.717, 1.165) is 5.92 Å². The summed E-state index contributed by atoms with van der Waals surface area (Å²) >= 11 is 0. The molecule has 0 radical (unpaired) electrons. The van der Waals surface area contributed by atoms with E-state index in [1.807, 2.05) is 0 Å². The fraction of sp³-hybridized carbons (Fsp3) is 0.260. The van der Waals surface area contributed by atoms with Crippen molar-refractivity contribution in [2.24, 2.45) is 11.8 Å². The van der Waals surface area contributed by atoms with E-state index in [9.17, 15) is 0 Å². The van der Waals surface area contributed by atoms with Crippen molar-refractivity contribution >= 4 is 17.1 Å². The topological polar surface area (TPSA) is 3.24 Å². The second kappa shape index (κ2) is 15.0. The molecule has 0 N–H and O–H groups in total. The average molecular weight is 956 g/mol. The molecular formula is C73H65N. The van der Waals surface area contributed by atoms with Crippen molar-refractivity contribution in [2.45, 2.75) is 108 Å². The zero-order valence-electron chi connectivity index (χ0n) is 44.3. The molecule has 3 unspecified atom stereocenters. The molecule has 6 aliphatic carbocycles. The van der Waals surface area contributed by atoms with E-state index in [4.69, 9.17) is 0 Å². The fourth-order valence-electron chi connectivity index (χ4n) is 16.2. The monoisotopic (exact) mass is 956 g/mol. The van der Waals surface area contributed by atoms with Crippen molar-refractivity contribution < 1.29 is 0 Å². The molecular weight excluding hydrogens is 891 g/mol. The van der Waals surface area contributed by atoms with Crippen LogP contribution in [0.5, 0.6) is 0 Å². The van der Waals surface area contributed by atoms with Crippen molar-refractivity contribution in [1.29, 1.82) is 0 Å². The zero-order valence-corrected chi connectivity index (χ0v) is 44.3. The van der Waals surface area contributed by atoms with Gasteiger partial charge in [0.2, 0.25) is 0 Å². The van der Waals surface area contributed by atoms with E-state index in [0.29, 0.717) is 5.92 Å². The fourth-order valence-corrected chi connectivity index (χ4v) is 16.2. The lowest BCUT2D eigenvalue weighted by Crippen LogP contribution is -2.32. The summed E-state index contributed by atoms with van der Waals surface area (Å²) < 4.78 is 0. The average Bonchev–Trinajstić information content (AvgIpc) is 4.36. The number of anilines is 3. The highest BCUT2D eigenvalue weighted by Gasteiger charge is 2.57. The molecule has 74 heavy (non-hydrogen) atoms. The summed E-state index contributed by atoms with van der Waals surface area (Å²) in [7, 11) is 0. The third-order valence-electron chi connectivity index (χ3n) is 19.5. The minimum atomic E-state index is -0.486.